The maximum atomic E-state index is 12.6. The molecule has 7 nitrogen and oxygen atoms in total. The molecule has 8 heteroatoms. The zero-order valence-corrected chi connectivity index (χ0v) is 18.7. The highest BCUT2D eigenvalue weighted by Crippen LogP contribution is 2.24. The van der Waals surface area contributed by atoms with E-state index in [9.17, 15) is 9.59 Å². The highest BCUT2D eigenvalue weighted by Gasteiger charge is 2.20. The SMILES string of the molecule is CCOC(=O)CC(NC(=O)CCc1ncc(-c2ccc(Cl)cc2)o1)c1cccc(OC)c1. The van der Waals surface area contributed by atoms with Gasteiger partial charge in [-0.2, -0.15) is 0 Å². The van der Waals surface area contributed by atoms with Crippen LogP contribution in [0.3, 0.4) is 0 Å². The summed E-state index contributed by atoms with van der Waals surface area (Å²) in [5.41, 5.74) is 1.61. The van der Waals surface area contributed by atoms with Crippen molar-refractivity contribution in [1.82, 2.24) is 10.3 Å². The molecule has 1 atom stereocenters. The van der Waals surface area contributed by atoms with Crippen LogP contribution in [0.1, 0.15) is 37.3 Å². The lowest BCUT2D eigenvalue weighted by atomic mass is 10.0. The van der Waals surface area contributed by atoms with Crippen LogP contribution in [0.2, 0.25) is 5.02 Å². The molecule has 32 heavy (non-hydrogen) atoms. The minimum absolute atomic E-state index is 0.0203. The van der Waals surface area contributed by atoms with E-state index in [4.69, 9.17) is 25.5 Å². The average molecular weight is 457 g/mol. The molecule has 0 aliphatic rings. The van der Waals surface area contributed by atoms with E-state index in [0.29, 0.717) is 28.8 Å². The topological polar surface area (TPSA) is 90.7 Å². The van der Waals surface area contributed by atoms with Crippen molar-refractivity contribution in [2.45, 2.75) is 32.2 Å². The maximum absolute atomic E-state index is 12.6. The number of aryl methyl sites for hydroxylation is 1. The summed E-state index contributed by atoms with van der Waals surface area (Å²) in [5, 5.41) is 3.55. The second-order valence-electron chi connectivity index (χ2n) is 7.03. The zero-order valence-electron chi connectivity index (χ0n) is 18.0. The van der Waals surface area contributed by atoms with Gasteiger partial charge in [-0.25, -0.2) is 4.98 Å². The Balaban J connectivity index is 1.63. The van der Waals surface area contributed by atoms with Gasteiger partial charge in [0.15, 0.2) is 11.7 Å². The number of oxazole rings is 1. The number of halogens is 1. The quantitative estimate of drug-likeness (QED) is 0.443. The van der Waals surface area contributed by atoms with Gasteiger partial charge in [0.1, 0.15) is 5.75 Å². The lowest BCUT2D eigenvalue weighted by Crippen LogP contribution is -2.30. The van der Waals surface area contributed by atoms with Crippen LogP contribution in [0.25, 0.3) is 11.3 Å². The minimum Gasteiger partial charge on any atom is -0.497 e. The molecule has 1 amide bonds. The summed E-state index contributed by atoms with van der Waals surface area (Å²) in [6.45, 7) is 2.02. The fourth-order valence-electron chi connectivity index (χ4n) is 3.16. The van der Waals surface area contributed by atoms with Crippen molar-refractivity contribution in [2.24, 2.45) is 0 Å². The van der Waals surface area contributed by atoms with Crippen LogP contribution in [0.4, 0.5) is 0 Å². The summed E-state index contributed by atoms with van der Waals surface area (Å²) in [5.74, 6) is 1.08. The van der Waals surface area contributed by atoms with E-state index in [-0.39, 0.29) is 31.3 Å². The Labute approximate surface area is 191 Å². The fourth-order valence-corrected chi connectivity index (χ4v) is 3.28. The van der Waals surface area contributed by atoms with Crippen LogP contribution in [-0.2, 0) is 20.7 Å². The molecule has 1 N–H and O–H groups in total. The number of aromatic nitrogens is 1. The number of carbonyl (C=O) groups is 2. The molecule has 1 heterocycles. The van der Waals surface area contributed by atoms with Crippen molar-refractivity contribution in [3.63, 3.8) is 0 Å². The molecule has 0 aliphatic heterocycles. The van der Waals surface area contributed by atoms with Crippen LogP contribution >= 0.6 is 11.6 Å². The number of ether oxygens (including phenoxy) is 2. The maximum Gasteiger partial charge on any atom is 0.308 e. The Morgan fingerprint density at radius 3 is 2.69 bits per heavy atom. The largest absolute Gasteiger partial charge is 0.497 e. The molecule has 0 aliphatic carbocycles. The average Bonchev–Trinajstić information content (AvgIpc) is 3.27. The zero-order chi connectivity index (χ0) is 22.9. The molecular formula is C24H25ClN2O5. The van der Waals surface area contributed by atoms with E-state index in [1.54, 1.807) is 44.5 Å². The van der Waals surface area contributed by atoms with Gasteiger partial charge in [-0.15, -0.1) is 0 Å². The van der Waals surface area contributed by atoms with Gasteiger partial charge in [0.25, 0.3) is 0 Å². The number of rotatable bonds is 10. The normalized spacial score (nSPS) is 11.6. The van der Waals surface area contributed by atoms with Crippen LogP contribution in [-0.4, -0.2) is 30.6 Å². The van der Waals surface area contributed by atoms with E-state index in [0.717, 1.165) is 11.1 Å². The second-order valence-corrected chi connectivity index (χ2v) is 7.47. The first-order valence-corrected chi connectivity index (χ1v) is 10.7. The first-order chi connectivity index (χ1) is 15.5. The lowest BCUT2D eigenvalue weighted by molar-refractivity contribution is -0.143. The monoisotopic (exact) mass is 456 g/mol. The van der Waals surface area contributed by atoms with Gasteiger partial charge in [-0.1, -0.05) is 23.7 Å². The van der Waals surface area contributed by atoms with E-state index in [2.05, 4.69) is 10.3 Å². The second kappa shape index (κ2) is 11.3. The third-order valence-corrected chi connectivity index (χ3v) is 5.01. The molecule has 2 aromatic carbocycles. The number of esters is 1. The molecule has 168 valence electrons. The summed E-state index contributed by atoms with van der Waals surface area (Å²) >= 11 is 5.91. The van der Waals surface area contributed by atoms with Gasteiger partial charge < -0.3 is 19.2 Å². The summed E-state index contributed by atoms with van der Waals surface area (Å²) < 4.78 is 16.1. The van der Waals surface area contributed by atoms with E-state index < -0.39 is 6.04 Å². The number of nitrogens with zero attached hydrogens (tertiary/aromatic N) is 1. The molecular weight excluding hydrogens is 432 g/mol. The molecule has 0 bridgehead atoms. The summed E-state index contributed by atoms with van der Waals surface area (Å²) in [6, 6.07) is 13.9. The van der Waals surface area contributed by atoms with Crippen molar-refractivity contribution < 1.29 is 23.5 Å². The lowest BCUT2D eigenvalue weighted by Gasteiger charge is -2.19. The smallest absolute Gasteiger partial charge is 0.308 e. The standard InChI is InChI=1S/C24H25ClN2O5/c1-3-31-24(29)14-20(17-5-4-6-19(13-17)30-2)27-22(28)11-12-23-26-15-21(32-23)16-7-9-18(25)10-8-16/h4-10,13,15,20H,3,11-12,14H2,1-2H3,(H,27,28). The third kappa shape index (κ3) is 6.59. The van der Waals surface area contributed by atoms with E-state index in [1.165, 1.54) is 0 Å². The fraction of sp³-hybridized carbons (Fsp3) is 0.292. The highest BCUT2D eigenvalue weighted by molar-refractivity contribution is 6.30. The number of nitrogens with one attached hydrogen (secondary N) is 1. The van der Waals surface area contributed by atoms with Gasteiger partial charge in [-0.3, -0.25) is 9.59 Å². The van der Waals surface area contributed by atoms with Gasteiger partial charge in [0, 0.05) is 23.4 Å². The van der Waals surface area contributed by atoms with Gasteiger partial charge in [-0.05, 0) is 48.9 Å². The van der Waals surface area contributed by atoms with Crippen molar-refractivity contribution in [2.75, 3.05) is 13.7 Å². The Kier molecular flexibility index (Phi) is 8.27. The first kappa shape index (κ1) is 23.3. The molecule has 3 aromatic rings. The number of hydrogen-bond donors (Lipinski definition) is 1. The Hall–Kier alpha value is -3.32. The van der Waals surface area contributed by atoms with Gasteiger partial charge in [0.2, 0.25) is 5.91 Å². The predicted octanol–water partition coefficient (Wildman–Crippen LogP) is 4.75. The van der Waals surface area contributed by atoms with E-state index in [1.807, 2.05) is 24.3 Å². The number of carbonyl (C=O) groups excluding carboxylic acids is 2. The van der Waals surface area contributed by atoms with Crippen LogP contribution in [0, 0.1) is 0 Å². The number of hydrogen-bond acceptors (Lipinski definition) is 6. The molecule has 0 radical (unpaired) electrons. The number of methoxy groups -OCH3 is 1. The first-order valence-electron chi connectivity index (χ1n) is 10.3. The molecule has 0 spiro atoms. The summed E-state index contributed by atoms with van der Waals surface area (Å²) in [6.07, 6.45) is 2.12. The predicted molar refractivity (Wildman–Crippen MR) is 120 cm³/mol. The van der Waals surface area contributed by atoms with Crippen molar-refractivity contribution in [3.8, 4) is 17.1 Å². The van der Waals surface area contributed by atoms with Crippen molar-refractivity contribution in [1.29, 1.82) is 0 Å². The minimum atomic E-state index is -0.536. The third-order valence-electron chi connectivity index (χ3n) is 4.76. The number of amides is 1. The van der Waals surface area contributed by atoms with Crippen LogP contribution < -0.4 is 10.1 Å². The molecule has 1 unspecified atom stereocenters. The Morgan fingerprint density at radius 1 is 1.19 bits per heavy atom. The highest BCUT2D eigenvalue weighted by atomic mass is 35.5. The summed E-state index contributed by atoms with van der Waals surface area (Å²) in [7, 11) is 1.56. The van der Waals surface area contributed by atoms with E-state index >= 15 is 0 Å². The van der Waals surface area contributed by atoms with Crippen LogP contribution in [0.15, 0.2) is 59.1 Å². The van der Waals surface area contributed by atoms with Gasteiger partial charge >= 0.3 is 5.97 Å². The Morgan fingerprint density at radius 2 is 1.97 bits per heavy atom. The molecule has 1 aromatic heterocycles. The van der Waals surface area contributed by atoms with Crippen LogP contribution in [0.5, 0.6) is 5.75 Å². The Bertz CT molecular complexity index is 1050. The summed E-state index contributed by atoms with van der Waals surface area (Å²) in [4.78, 5) is 28.9. The van der Waals surface area contributed by atoms with Crippen molar-refractivity contribution >= 4 is 23.5 Å². The molecule has 0 saturated heterocycles. The van der Waals surface area contributed by atoms with Gasteiger partial charge in [0.05, 0.1) is 32.4 Å². The molecule has 0 fully saturated rings. The number of benzene rings is 2. The van der Waals surface area contributed by atoms with Crippen molar-refractivity contribution in [3.05, 3.63) is 71.2 Å². The molecule has 3 rings (SSSR count). The molecule has 0 saturated carbocycles.